The number of ether oxygens (including phenoxy) is 1. The largest absolute Gasteiger partial charge is 0.494 e. The number of fused-ring (bicyclic) bond motifs is 1. The van der Waals surface area contributed by atoms with Crippen molar-refractivity contribution in [2.45, 2.75) is 19.3 Å². The molecule has 0 radical (unpaired) electrons. The van der Waals surface area contributed by atoms with Gasteiger partial charge in [0.1, 0.15) is 17.8 Å². The first-order chi connectivity index (χ1) is 20.0. The number of likely N-dealkylation sites (N-methyl/N-ethyl adjacent to an activating group) is 2. The molecule has 0 bridgehead atoms. The van der Waals surface area contributed by atoms with Gasteiger partial charge in [-0.1, -0.05) is 13.8 Å². The van der Waals surface area contributed by atoms with Crippen molar-refractivity contribution < 1.29 is 9.66 Å². The van der Waals surface area contributed by atoms with Crippen molar-refractivity contribution in [1.82, 2.24) is 34.6 Å². The second-order valence-electron chi connectivity index (χ2n) is 11.2. The predicted molar refractivity (Wildman–Crippen MR) is 161 cm³/mol. The fourth-order valence-electron chi connectivity index (χ4n) is 4.96. The Labute approximate surface area is 244 Å². The Morgan fingerprint density at radius 2 is 1.93 bits per heavy atom. The molecule has 4 aromatic rings. The molecule has 42 heavy (non-hydrogen) atoms. The minimum atomic E-state index is -0.402. The van der Waals surface area contributed by atoms with Gasteiger partial charge in [0, 0.05) is 63.0 Å². The van der Waals surface area contributed by atoms with E-state index in [1.807, 2.05) is 61.2 Å². The van der Waals surface area contributed by atoms with Crippen molar-refractivity contribution in [3.63, 3.8) is 0 Å². The molecule has 0 saturated heterocycles. The highest BCUT2D eigenvalue weighted by molar-refractivity contribution is 5.77. The maximum absolute atomic E-state index is 12.0. The summed E-state index contributed by atoms with van der Waals surface area (Å²) in [5, 5.41) is 19.4. The molecule has 0 unspecified atom stereocenters. The van der Waals surface area contributed by atoms with Gasteiger partial charge in [-0.15, -0.1) is 0 Å². The Morgan fingerprint density at radius 3 is 2.60 bits per heavy atom. The van der Waals surface area contributed by atoms with Crippen molar-refractivity contribution in [1.29, 1.82) is 0 Å². The molecule has 0 fully saturated rings. The highest BCUT2D eigenvalue weighted by Crippen LogP contribution is 2.43. The number of nitrogens with zero attached hydrogens (tertiary/aromatic N) is 10. The topological polar surface area (TPSA) is 144 Å². The van der Waals surface area contributed by atoms with Crippen LogP contribution in [-0.2, 0) is 12.5 Å². The standard InChI is InChI=1S/C28H35N11O3/c1-28(2)16-38(21-9-8-19(32-25(21)28)18-14-31-37(6)15-18)27-30-17-29-26(34-27)33-20-12-23(39(40)41)22(13-24(20)42-7)36(5)11-10-35(3)4/h8-9,12-15,17H,10-11,16H2,1-7H3,(H,29,30,33,34). The summed E-state index contributed by atoms with van der Waals surface area (Å²) in [4.78, 5) is 35.9. The van der Waals surface area contributed by atoms with E-state index < -0.39 is 4.92 Å². The monoisotopic (exact) mass is 573 g/mol. The third-order valence-electron chi connectivity index (χ3n) is 7.19. The number of rotatable bonds is 10. The fraction of sp³-hybridized carbons (Fsp3) is 0.393. The summed E-state index contributed by atoms with van der Waals surface area (Å²) in [7, 11) is 9.13. The van der Waals surface area contributed by atoms with Crippen molar-refractivity contribution in [2.24, 2.45) is 7.05 Å². The predicted octanol–water partition coefficient (Wildman–Crippen LogP) is 3.75. The normalized spacial score (nSPS) is 13.8. The molecule has 0 atom stereocenters. The molecule has 0 spiro atoms. The van der Waals surface area contributed by atoms with E-state index in [2.05, 4.69) is 39.2 Å². The number of benzene rings is 1. The number of pyridine rings is 1. The van der Waals surface area contributed by atoms with Gasteiger partial charge in [-0.05, 0) is 26.2 Å². The Kier molecular flexibility index (Phi) is 7.65. The number of hydrogen-bond donors (Lipinski definition) is 1. The zero-order valence-corrected chi connectivity index (χ0v) is 24.9. The van der Waals surface area contributed by atoms with Crippen LogP contribution < -0.4 is 19.9 Å². The van der Waals surface area contributed by atoms with Crippen LogP contribution in [0.1, 0.15) is 19.5 Å². The second kappa shape index (κ2) is 11.2. The van der Waals surface area contributed by atoms with E-state index in [4.69, 9.17) is 9.72 Å². The first kappa shape index (κ1) is 28.7. The lowest BCUT2D eigenvalue weighted by molar-refractivity contribution is -0.384. The molecule has 0 aliphatic carbocycles. The van der Waals surface area contributed by atoms with Crippen molar-refractivity contribution in [3.05, 3.63) is 58.8 Å². The number of nitrogens with one attached hydrogen (secondary N) is 1. The summed E-state index contributed by atoms with van der Waals surface area (Å²) < 4.78 is 7.36. The molecule has 1 N–H and O–H groups in total. The molecule has 14 heteroatoms. The zero-order chi connectivity index (χ0) is 30.2. The van der Waals surface area contributed by atoms with Crippen molar-refractivity contribution in [2.75, 3.05) is 63.0 Å². The van der Waals surface area contributed by atoms with E-state index >= 15 is 0 Å². The third-order valence-corrected chi connectivity index (χ3v) is 7.19. The number of methoxy groups -OCH3 is 1. The summed E-state index contributed by atoms with van der Waals surface area (Å²) in [6.07, 6.45) is 5.15. The van der Waals surface area contributed by atoms with Crippen molar-refractivity contribution in [3.8, 4) is 17.0 Å². The number of nitro groups is 1. The lowest BCUT2D eigenvalue weighted by Gasteiger charge is -2.23. The Balaban J connectivity index is 1.45. The van der Waals surface area contributed by atoms with E-state index in [0.29, 0.717) is 36.2 Å². The lowest BCUT2D eigenvalue weighted by Crippen LogP contribution is -2.29. The van der Waals surface area contributed by atoms with Gasteiger partial charge in [-0.2, -0.15) is 10.1 Å². The maximum Gasteiger partial charge on any atom is 0.294 e. The fourth-order valence-corrected chi connectivity index (χ4v) is 4.96. The van der Waals surface area contributed by atoms with Crippen LogP contribution in [0.25, 0.3) is 11.3 Å². The first-order valence-electron chi connectivity index (χ1n) is 13.4. The minimum Gasteiger partial charge on any atom is -0.494 e. The first-order valence-corrected chi connectivity index (χ1v) is 13.4. The molecule has 1 aromatic carbocycles. The molecule has 0 amide bonds. The Bertz CT molecular complexity index is 1620. The van der Waals surface area contributed by atoms with Crippen LogP contribution in [-0.4, -0.2) is 87.4 Å². The molecule has 0 saturated carbocycles. The summed E-state index contributed by atoms with van der Waals surface area (Å²) >= 11 is 0. The van der Waals surface area contributed by atoms with E-state index in [1.54, 1.807) is 16.9 Å². The van der Waals surface area contributed by atoms with Gasteiger partial charge >= 0.3 is 0 Å². The Hall–Kier alpha value is -4.85. The van der Waals surface area contributed by atoms with Crippen LogP contribution in [0.5, 0.6) is 5.75 Å². The van der Waals surface area contributed by atoms with Crippen LogP contribution in [0.4, 0.5) is 34.6 Å². The van der Waals surface area contributed by atoms with Crippen LogP contribution in [0.2, 0.25) is 0 Å². The molecule has 1 aliphatic rings. The summed E-state index contributed by atoms with van der Waals surface area (Å²) in [6, 6.07) is 7.09. The average Bonchev–Trinajstić information content (AvgIpc) is 3.51. The van der Waals surface area contributed by atoms with Crippen LogP contribution in [0.3, 0.4) is 0 Å². The van der Waals surface area contributed by atoms with E-state index in [1.165, 1.54) is 19.5 Å². The number of hydrogen-bond acceptors (Lipinski definition) is 12. The zero-order valence-electron chi connectivity index (χ0n) is 24.9. The van der Waals surface area contributed by atoms with Gasteiger partial charge in [0.25, 0.3) is 5.69 Å². The van der Waals surface area contributed by atoms with Gasteiger partial charge in [0.05, 0.1) is 41.0 Å². The highest BCUT2D eigenvalue weighted by Gasteiger charge is 2.39. The van der Waals surface area contributed by atoms with Gasteiger partial charge < -0.3 is 24.8 Å². The van der Waals surface area contributed by atoms with Gasteiger partial charge in [-0.3, -0.25) is 14.8 Å². The van der Waals surface area contributed by atoms with Crippen LogP contribution in [0, 0.1) is 10.1 Å². The van der Waals surface area contributed by atoms with E-state index in [0.717, 1.165) is 29.2 Å². The summed E-state index contributed by atoms with van der Waals surface area (Å²) in [5.41, 5.74) is 4.13. The minimum absolute atomic E-state index is 0.0560. The molecule has 220 valence electrons. The average molecular weight is 574 g/mol. The van der Waals surface area contributed by atoms with Crippen LogP contribution in [0.15, 0.2) is 43.0 Å². The number of aromatic nitrogens is 6. The second-order valence-corrected chi connectivity index (χ2v) is 11.2. The number of anilines is 5. The molecule has 5 rings (SSSR count). The van der Waals surface area contributed by atoms with Crippen molar-refractivity contribution >= 4 is 34.6 Å². The molecule has 4 heterocycles. The summed E-state index contributed by atoms with van der Waals surface area (Å²) in [6.45, 7) is 6.21. The molecule has 14 nitrogen and oxygen atoms in total. The highest BCUT2D eigenvalue weighted by atomic mass is 16.6. The number of nitro benzene ring substituents is 1. The molecule has 1 aliphatic heterocycles. The SMILES string of the molecule is COc1cc(N(C)CCN(C)C)c([N+](=O)[O-])cc1Nc1ncnc(N2CC(C)(C)c3nc(-c4cnn(C)c4)ccc32)n1. The van der Waals surface area contributed by atoms with E-state index in [-0.39, 0.29) is 17.1 Å². The van der Waals surface area contributed by atoms with Gasteiger partial charge in [0.15, 0.2) is 0 Å². The summed E-state index contributed by atoms with van der Waals surface area (Å²) in [5.74, 6) is 1.09. The third kappa shape index (κ3) is 5.65. The van der Waals surface area contributed by atoms with E-state index in [9.17, 15) is 10.1 Å². The van der Waals surface area contributed by atoms with Crippen LogP contribution >= 0.6 is 0 Å². The molecular formula is C28H35N11O3. The Morgan fingerprint density at radius 1 is 1.14 bits per heavy atom. The van der Waals surface area contributed by atoms with Gasteiger partial charge in [0.2, 0.25) is 11.9 Å². The smallest absolute Gasteiger partial charge is 0.294 e. The number of aryl methyl sites for hydroxylation is 1. The quantitative estimate of drug-likeness (QED) is 0.218. The molecule has 3 aromatic heterocycles. The van der Waals surface area contributed by atoms with Gasteiger partial charge in [-0.25, -0.2) is 15.0 Å². The lowest BCUT2D eigenvalue weighted by atomic mass is 9.91. The maximum atomic E-state index is 12.0. The molecular weight excluding hydrogens is 538 g/mol.